The van der Waals surface area contributed by atoms with Gasteiger partial charge >= 0.3 is 0 Å². The number of methoxy groups -OCH3 is 1. The van der Waals surface area contributed by atoms with Crippen LogP contribution in [-0.2, 0) is 0 Å². The molecule has 0 bridgehead atoms. The van der Waals surface area contributed by atoms with Crippen molar-refractivity contribution in [3.63, 3.8) is 0 Å². The van der Waals surface area contributed by atoms with Crippen LogP contribution in [0.3, 0.4) is 0 Å². The van der Waals surface area contributed by atoms with E-state index in [4.69, 9.17) is 9.73 Å². The Labute approximate surface area is 164 Å². The van der Waals surface area contributed by atoms with E-state index >= 15 is 0 Å². The van der Waals surface area contributed by atoms with Crippen molar-refractivity contribution in [1.82, 2.24) is 0 Å². The first-order valence-corrected chi connectivity index (χ1v) is 9.85. The molecule has 0 aliphatic carbocycles. The van der Waals surface area contributed by atoms with E-state index in [2.05, 4.69) is 58.6 Å². The fraction of sp³-hybridized carbons (Fsp3) is 0.458. The van der Waals surface area contributed by atoms with Crippen LogP contribution in [0.5, 0.6) is 5.75 Å². The highest BCUT2D eigenvalue weighted by Crippen LogP contribution is 2.45. The van der Waals surface area contributed by atoms with Crippen LogP contribution in [0.4, 0.5) is 11.4 Å². The molecule has 27 heavy (non-hydrogen) atoms. The molecule has 1 aliphatic heterocycles. The highest BCUT2D eigenvalue weighted by atomic mass is 16.5. The summed E-state index contributed by atoms with van der Waals surface area (Å²) in [6.45, 7) is 13.8. The Hall–Kier alpha value is -2.29. The fourth-order valence-electron chi connectivity index (χ4n) is 4.61. The third kappa shape index (κ3) is 3.73. The average Bonchev–Trinajstić information content (AvgIpc) is 2.59. The van der Waals surface area contributed by atoms with Gasteiger partial charge in [-0.2, -0.15) is 0 Å². The van der Waals surface area contributed by atoms with E-state index in [1.165, 1.54) is 22.4 Å². The van der Waals surface area contributed by atoms with E-state index in [0.717, 1.165) is 17.9 Å². The summed E-state index contributed by atoms with van der Waals surface area (Å²) in [4.78, 5) is 7.28. The highest BCUT2D eigenvalue weighted by Gasteiger charge is 2.37. The largest absolute Gasteiger partial charge is 0.494 e. The lowest BCUT2D eigenvalue weighted by Gasteiger charge is -2.50. The third-order valence-electron chi connectivity index (χ3n) is 5.61. The van der Waals surface area contributed by atoms with Crippen molar-refractivity contribution in [3.05, 3.63) is 53.1 Å². The lowest BCUT2D eigenvalue weighted by molar-refractivity contribution is 0.356. The Bertz CT molecular complexity index is 851. The lowest BCUT2D eigenvalue weighted by Crippen LogP contribution is -2.51. The van der Waals surface area contributed by atoms with E-state index in [-0.39, 0.29) is 5.54 Å². The summed E-state index contributed by atoms with van der Waals surface area (Å²) in [6, 6.07) is 13.0. The van der Waals surface area contributed by atoms with Gasteiger partial charge in [0.1, 0.15) is 11.4 Å². The Morgan fingerprint density at radius 2 is 1.93 bits per heavy atom. The first kappa shape index (κ1) is 19.5. The van der Waals surface area contributed by atoms with Crippen LogP contribution in [-0.4, -0.2) is 24.9 Å². The normalized spacial score (nSPS) is 18.8. The second kappa shape index (κ2) is 7.38. The van der Waals surface area contributed by atoms with E-state index in [0.29, 0.717) is 12.0 Å². The van der Waals surface area contributed by atoms with Crippen molar-refractivity contribution >= 4 is 17.6 Å². The van der Waals surface area contributed by atoms with E-state index in [9.17, 15) is 0 Å². The first-order valence-electron chi connectivity index (χ1n) is 9.85. The fourth-order valence-corrected chi connectivity index (χ4v) is 4.61. The second-order valence-electron chi connectivity index (χ2n) is 8.58. The standard InChI is InChI=1S/C24H32N2O/c1-16(2)26-22-12-17(3)19(13-20(22)18(4)14-24(26,5)6)15-25-21-10-8-9-11-23(21)27-7/h8-13,15-16,18H,14H2,1-7H3/t18-/m0/s1. The van der Waals surface area contributed by atoms with Gasteiger partial charge in [-0.25, -0.2) is 0 Å². The van der Waals surface area contributed by atoms with Crippen molar-refractivity contribution in [2.75, 3.05) is 12.0 Å². The molecular weight excluding hydrogens is 332 g/mol. The number of para-hydroxylation sites is 2. The van der Waals surface area contributed by atoms with Gasteiger partial charge in [0, 0.05) is 23.5 Å². The predicted octanol–water partition coefficient (Wildman–Crippen LogP) is 6.25. The van der Waals surface area contributed by atoms with Gasteiger partial charge in [-0.3, -0.25) is 4.99 Å². The number of rotatable bonds is 4. The zero-order chi connectivity index (χ0) is 19.8. The summed E-state index contributed by atoms with van der Waals surface area (Å²) < 4.78 is 5.41. The molecule has 3 nitrogen and oxygen atoms in total. The van der Waals surface area contributed by atoms with E-state index in [1.54, 1.807) is 7.11 Å². The molecule has 3 heteroatoms. The number of aliphatic imine (C=N–C) groups is 1. The zero-order valence-corrected chi connectivity index (χ0v) is 17.7. The summed E-state index contributed by atoms with van der Waals surface area (Å²) >= 11 is 0. The molecule has 0 aromatic heterocycles. The molecule has 1 atom stereocenters. The zero-order valence-electron chi connectivity index (χ0n) is 17.7. The van der Waals surface area contributed by atoms with Crippen molar-refractivity contribution in [1.29, 1.82) is 0 Å². The van der Waals surface area contributed by atoms with Crippen molar-refractivity contribution in [2.24, 2.45) is 4.99 Å². The molecule has 0 saturated heterocycles. The number of hydrogen-bond donors (Lipinski definition) is 0. The first-order chi connectivity index (χ1) is 12.7. The number of nitrogens with zero attached hydrogens (tertiary/aromatic N) is 2. The Kier molecular flexibility index (Phi) is 5.32. The SMILES string of the molecule is COc1ccccc1N=Cc1cc2c(cc1C)N(C(C)C)C(C)(C)C[C@@H]2C. The van der Waals surface area contributed by atoms with Crippen molar-refractivity contribution in [3.8, 4) is 5.75 Å². The molecular formula is C24H32N2O. The van der Waals surface area contributed by atoms with Gasteiger partial charge in [0.05, 0.1) is 7.11 Å². The molecule has 2 aromatic carbocycles. The van der Waals surface area contributed by atoms with Crippen LogP contribution < -0.4 is 9.64 Å². The summed E-state index contributed by atoms with van der Waals surface area (Å²) in [6.07, 6.45) is 3.13. The summed E-state index contributed by atoms with van der Waals surface area (Å²) in [5, 5.41) is 0. The maximum absolute atomic E-state index is 5.41. The van der Waals surface area contributed by atoms with Gasteiger partial charge in [0.15, 0.2) is 0 Å². The van der Waals surface area contributed by atoms with Gasteiger partial charge in [0.2, 0.25) is 0 Å². The number of ether oxygens (including phenoxy) is 1. The summed E-state index contributed by atoms with van der Waals surface area (Å²) in [5.74, 6) is 1.33. The van der Waals surface area contributed by atoms with Crippen LogP contribution in [0.25, 0.3) is 0 Å². The molecule has 3 rings (SSSR count). The molecule has 1 heterocycles. The molecule has 0 radical (unpaired) electrons. The molecule has 0 N–H and O–H groups in total. The van der Waals surface area contributed by atoms with Gasteiger partial charge in [0.25, 0.3) is 0 Å². The number of hydrogen-bond acceptors (Lipinski definition) is 3. The van der Waals surface area contributed by atoms with E-state index in [1.807, 2.05) is 30.5 Å². The Balaban J connectivity index is 2.04. The van der Waals surface area contributed by atoms with Crippen LogP contribution >= 0.6 is 0 Å². The summed E-state index contributed by atoms with van der Waals surface area (Å²) in [5.41, 5.74) is 6.25. The second-order valence-corrected chi connectivity index (χ2v) is 8.58. The molecule has 0 saturated carbocycles. The number of fused-ring (bicyclic) bond motifs is 1. The minimum atomic E-state index is 0.167. The molecule has 144 valence electrons. The molecule has 0 spiro atoms. The predicted molar refractivity (Wildman–Crippen MR) is 116 cm³/mol. The molecule has 0 unspecified atom stereocenters. The van der Waals surface area contributed by atoms with Gasteiger partial charge < -0.3 is 9.64 Å². The monoisotopic (exact) mass is 364 g/mol. The Morgan fingerprint density at radius 3 is 2.59 bits per heavy atom. The van der Waals surface area contributed by atoms with Gasteiger partial charge in [-0.15, -0.1) is 0 Å². The minimum Gasteiger partial charge on any atom is -0.494 e. The highest BCUT2D eigenvalue weighted by molar-refractivity contribution is 5.86. The lowest BCUT2D eigenvalue weighted by atomic mass is 9.78. The van der Waals surface area contributed by atoms with Gasteiger partial charge in [-0.05, 0) is 87.9 Å². The van der Waals surface area contributed by atoms with Crippen LogP contribution in [0.2, 0.25) is 0 Å². The smallest absolute Gasteiger partial charge is 0.144 e. The minimum absolute atomic E-state index is 0.167. The maximum atomic E-state index is 5.41. The van der Waals surface area contributed by atoms with Crippen LogP contribution in [0.15, 0.2) is 41.4 Å². The van der Waals surface area contributed by atoms with Crippen LogP contribution in [0, 0.1) is 6.92 Å². The number of aryl methyl sites for hydroxylation is 1. The Morgan fingerprint density at radius 1 is 1.22 bits per heavy atom. The third-order valence-corrected chi connectivity index (χ3v) is 5.61. The van der Waals surface area contributed by atoms with Gasteiger partial charge in [-0.1, -0.05) is 19.1 Å². The maximum Gasteiger partial charge on any atom is 0.144 e. The number of anilines is 1. The quantitative estimate of drug-likeness (QED) is 0.599. The van der Waals surface area contributed by atoms with E-state index < -0.39 is 0 Å². The number of benzene rings is 2. The average molecular weight is 365 g/mol. The van der Waals surface area contributed by atoms with Crippen molar-refractivity contribution in [2.45, 2.75) is 65.5 Å². The van der Waals surface area contributed by atoms with Crippen LogP contribution in [0.1, 0.15) is 63.6 Å². The molecule has 1 aliphatic rings. The molecule has 2 aromatic rings. The summed E-state index contributed by atoms with van der Waals surface area (Å²) in [7, 11) is 1.68. The molecule has 0 amide bonds. The molecule has 0 fully saturated rings. The topological polar surface area (TPSA) is 24.8 Å². The van der Waals surface area contributed by atoms with Crippen molar-refractivity contribution < 1.29 is 4.74 Å².